The lowest BCUT2D eigenvalue weighted by molar-refractivity contribution is -0.165. The van der Waals surface area contributed by atoms with Crippen LogP contribution in [0.1, 0.15) is 71.6 Å². The Bertz CT molecular complexity index is 796. The van der Waals surface area contributed by atoms with Crippen LogP contribution >= 0.6 is 0 Å². The van der Waals surface area contributed by atoms with Crippen LogP contribution in [-0.2, 0) is 4.79 Å². The molecule has 0 bridgehead atoms. The molecule has 2 N–H and O–H groups in total. The number of carbonyl (C=O) groups is 1. The molecule has 0 amide bonds. The summed E-state index contributed by atoms with van der Waals surface area (Å²) in [6, 6.07) is 0.387. The topological polar surface area (TPSA) is 75.4 Å². The minimum Gasteiger partial charge on any atom is -0.432 e. The molecule has 4 aliphatic carbocycles. The zero-order valence-corrected chi connectivity index (χ0v) is 18.2. The fourth-order valence-electron chi connectivity index (χ4n) is 8.10. The number of carbonyl (C=O) groups excluding carboxylic acids is 1. The minimum atomic E-state index is -1.12. The smallest absolute Gasteiger partial charge is 0.294 e. The molecule has 1 aromatic heterocycles. The minimum absolute atomic E-state index is 0.00400. The van der Waals surface area contributed by atoms with Crippen LogP contribution in [-0.4, -0.2) is 33.7 Å². The number of hydrogen-bond acceptors (Lipinski definition) is 5. The third kappa shape index (κ3) is 3.12. The Morgan fingerprint density at radius 1 is 1.20 bits per heavy atom. The van der Waals surface area contributed by atoms with Crippen LogP contribution in [0.15, 0.2) is 16.9 Å². The summed E-state index contributed by atoms with van der Waals surface area (Å²) in [5.74, 6) is 1.18. The van der Waals surface area contributed by atoms with Crippen LogP contribution in [0, 0.1) is 35.0 Å². The first-order valence-corrected chi connectivity index (χ1v) is 11.8. The molecule has 0 radical (unpaired) electrons. The standard InChI is InChI=1S/C24H35FN2O3/c1-22(29)9-10-24(25)15(13-22)3-4-16-17-5-6-19(23(17,2)8-7-18(16)24)20(28)14-27-21-26-11-12-30-21/h11-12,15-19,29H,3-10,13-14H2,1-2H3,(H,26,27)/t15-,16+,17+,18?,19-,22-,23+,24-/m1/s1. The van der Waals surface area contributed by atoms with Crippen molar-refractivity contribution >= 4 is 11.8 Å². The van der Waals surface area contributed by atoms with Gasteiger partial charge in [-0.3, -0.25) is 4.79 Å². The summed E-state index contributed by atoms with van der Waals surface area (Å²) in [5, 5.41) is 13.5. The van der Waals surface area contributed by atoms with Gasteiger partial charge in [-0.15, -0.1) is 0 Å². The first kappa shape index (κ1) is 20.5. The largest absolute Gasteiger partial charge is 0.432 e. The third-order valence-corrected chi connectivity index (χ3v) is 9.55. The molecule has 1 unspecified atom stereocenters. The van der Waals surface area contributed by atoms with E-state index >= 15 is 4.39 Å². The van der Waals surface area contributed by atoms with Gasteiger partial charge in [-0.2, -0.15) is 0 Å². The summed E-state index contributed by atoms with van der Waals surface area (Å²) in [7, 11) is 0. The van der Waals surface area contributed by atoms with E-state index in [1.54, 1.807) is 6.20 Å². The van der Waals surface area contributed by atoms with E-state index in [1.165, 1.54) is 6.26 Å². The Hall–Kier alpha value is -1.43. The van der Waals surface area contributed by atoms with Gasteiger partial charge in [0.15, 0.2) is 5.78 Å². The normalized spacial score (nSPS) is 47.8. The lowest BCUT2D eigenvalue weighted by Gasteiger charge is -2.59. The number of oxazole rings is 1. The van der Waals surface area contributed by atoms with E-state index in [1.807, 2.05) is 6.92 Å². The SMILES string of the molecule is C[C@@]1(O)CC[C@]2(F)C3CC[C@]4(C)[C@@H](C(=O)CNc5ncco5)CC[C@H]4[C@@H]3CC[C@@H]2C1. The Labute approximate surface area is 178 Å². The number of aliphatic hydroxyl groups is 1. The quantitative estimate of drug-likeness (QED) is 0.737. The predicted octanol–water partition coefficient (Wildman–Crippen LogP) is 4.77. The van der Waals surface area contributed by atoms with E-state index in [-0.39, 0.29) is 35.5 Å². The van der Waals surface area contributed by atoms with E-state index in [0.717, 1.165) is 38.5 Å². The number of fused-ring (bicyclic) bond motifs is 5. The van der Waals surface area contributed by atoms with E-state index in [4.69, 9.17) is 4.42 Å². The predicted molar refractivity (Wildman–Crippen MR) is 112 cm³/mol. The summed E-state index contributed by atoms with van der Waals surface area (Å²) in [6.07, 6.45) is 10.4. The number of nitrogens with one attached hydrogen (secondary N) is 1. The summed E-state index contributed by atoms with van der Waals surface area (Å²) in [4.78, 5) is 17.1. The Morgan fingerprint density at radius 3 is 2.80 bits per heavy atom. The van der Waals surface area contributed by atoms with Gasteiger partial charge in [-0.25, -0.2) is 9.37 Å². The van der Waals surface area contributed by atoms with Crippen molar-refractivity contribution in [3.63, 3.8) is 0 Å². The van der Waals surface area contributed by atoms with Gasteiger partial charge in [-0.1, -0.05) is 6.92 Å². The molecule has 0 spiro atoms. The second-order valence-electron chi connectivity index (χ2n) is 11.1. The van der Waals surface area contributed by atoms with E-state index in [0.29, 0.717) is 37.1 Å². The fourth-order valence-corrected chi connectivity index (χ4v) is 8.10. The highest BCUT2D eigenvalue weighted by molar-refractivity contribution is 5.85. The molecular formula is C24H35FN2O3. The number of nitrogens with zero attached hydrogens (tertiary/aromatic N) is 1. The molecule has 1 aromatic rings. The second-order valence-corrected chi connectivity index (χ2v) is 11.1. The lowest BCUT2D eigenvalue weighted by Crippen LogP contribution is -2.58. The summed E-state index contributed by atoms with van der Waals surface area (Å²) >= 11 is 0. The molecular weight excluding hydrogens is 383 g/mol. The molecule has 0 aliphatic heterocycles. The maximum Gasteiger partial charge on any atom is 0.294 e. The lowest BCUT2D eigenvalue weighted by atomic mass is 9.48. The third-order valence-electron chi connectivity index (χ3n) is 9.55. The van der Waals surface area contributed by atoms with E-state index in [9.17, 15) is 9.90 Å². The van der Waals surface area contributed by atoms with Crippen molar-refractivity contribution in [2.24, 2.45) is 35.0 Å². The van der Waals surface area contributed by atoms with Crippen LogP contribution in [0.2, 0.25) is 0 Å². The molecule has 166 valence electrons. The van der Waals surface area contributed by atoms with Gasteiger partial charge in [-0.05, 0) is 93.8 Å². The van der Waals surface area contributed by atoms with Gasteiger partial charge in [0, 0.05) is 5.92 Å². The highest BCUT2D eigenvalue weighted by Crippen LogP contribution is 2.66. The maximum absolute atomic E-state index is 16.4. The number of anilines is 1. The van der Waals surface area contributed by atoms with Crippen molar-refractivity contribution in [2.75, 3.05) is 11.9 Å². The number of alkyl halides is 1. The number of rotatable bonds is 4. The van der Waals surface area contributed by atoms with E-state index < -0.39 is 11.3 Å². The number of Topliss-reactive ketones (excluding diaryl/α,β-unsaturated/α-hetero) is 1. The van der Waals surface area contributed by atoms with Crippen LogP contribution in [0.4, 0.5) is 10.4 Å². The van der Waals surface area contributed by atoms with Gasteiger partial charge < -0.3 is 14.8 Å². The molecule has 0 aromatic carbocycles. The van der Waals surface area contributed by atoms with Crippen molar-refractivity contribution in [1.29, 1.82) is 0 Å². The fraction of sp³-hybridized carbons (Fsp3) is 0.833. The van der Waals surface area contributed by atoms with Gasteiger partial charge >= 0.3 is 0 Å². The van der Waals surface area contributed by atoms with Crippen LogP contribution in [0.3, 0.4) is 0 Å². The van der Waals surface area contributed by atoms with Crippen LogP contribution in [0.5, 0.6) is 0 Å². The molecule has 6 heteroatoms. The molecule has 4 fully saturated rings. The molecule has 5 rings (SSSR count). The molecule has 8 atom stereocenters. The highest BCUT2D eigenvalue weighted by Gasteiger charge is 2.63. The maximum atomic E-state index is 16.4. The number of hydrogen-bond donors (Lipinski definition) is 2. The van der Waals surface area contributed by atoms with Gasteiger partial charge in [0.2, 0.25) is 0 Å². The number of halogens is 1. The van der Waals surface area contributed by atoms with Crippen molar-refractivity contribution in [2.45, 2.75) is 82.9 Å². The average molecular weight is 419 g/mol. The molecule has 4 aliphatic rings. The first-order chi connectivity index (χ1) is 14.2. The van der Waals surface area contributed by atoms with Crippen LogP contribution in [0.25, 0.3) is 0 Å². The Balaban J connectivity index is 1.31. The number of aromatic nitrogens is 1. The summed E-state index contributed by atoms with van der Waals surface area (Å²) in [5.41, 5.74) is -1.86. The summed E-state index contributed by atoms with van der Waals surface area (Å²) in [6.45, 7) is 4.40. The first-order valence-electron chi connectivity index (χ1n) is 11.8. The molecule has 30 heavy (non-hydrogen) atoms. The van der Waals surface area contributed by atoms with Crippen molar-refractivity contribution in [1.82, 2.24) is 4.98 Å². The zero-order chi connectivity index (χ0) is 21.1. The average Bonchev–Trinajstić information content (AvgIpc) is 3.33. The van der Waals surface area contributed by atoms with Crippen molar-refractivity contribution < 1.29 is 18.7 Å². The summed E-state index contributed by atoms with van der Waals surface area (Å²) < 4.78 is 21.6. The number of ketones is 1. The Morgan fingerprint density at radius 2 is 2.03 bits per heavy atom. The van der Waals surface area contributed by atoms with Gasteiger partial charge in [0.25, 0.3) is 6.01 Å². The van der Waals surface area contributed by atoms with Crippen molar-refractivity contribution in [3.05, 3.63) is 12.5 Å². The molecule has 0 saturated heterocycles. The monoisotopic (exact) mass is 418 g/mol. The molecule has 4 saturated carbocycles. The van der Waals surface area contributed by atoms with Gasteiger partial charge in [0.1, 0.15) is 11.9 Å². The van der Waals surface area contributed by atoms with Crippen LogP contribution < -0.4 is 5.32 Å². The van der Waals surface area contributed by atoms with E-state index in [2.05, 4.69) is 17.2 Å². The van der Waals surface area contributed by atoms with Crippen molar-refractivity contribution in [3.8, 4) is 0 Å². The Kier molecular flexibility index (Phi) is 4.81. The zero-order valence-electron chi connectivity index (χ0n) is 18.2. The highest BCUT2D eigenvalue weighted by atomic mass is 19.1. The molecule has 5 nitrogen and oxygen atoms in total. The molecule has 1 heterocycles. The second kappa shape index (κ2) is 7.04. The van der Waals surface area contributed by atoms with Gasteiger partial charge in [0.05, 0.1) is 18.3 Å².